The number of aromatic nitrogens is 17. The molecule has 0 fully saturated rings. The van der Waals surface area contributed by atoms with Gasteiger partial charge < -0.3 is 85.6 Å². The van der Waals surface area contributed by atoms with Crippen LogP contribution < -0.4 is 45.7 Å². The molecule has 14 N–H and O–H groups in total. The molecule has 52 nitrogen and oxygen atoms in total. The molecule has 0 spiro atoms. The Morgan fingerprint density at radius 1 is 0.448 bits per heavy atom. The van der Waals surface area contributed by atoms with Gasteiger partial charge in [0.2, 0.25) is 18.0 Å². The van der Waals surface area contributed by atoms with E-state index in [0.29, 0.717) is 4.68 Å². The summed E-state index contributed by atoms with van der Waals surface area (Å²) in [6, 6.07) is 0. The van der Waals surface area contributed by atoms with E-state index >= 15 is 0 Å². The highest BCUT2D eigenvalue weighted by molar-refractivity contribution is 6.75. The molecule has 7 heterocycles. The third-order valence-corrected chi connectivity index (χ3v) is 33.8. The number of isocyanates is 2. The first-order valence-corrected chi connectivity index (χ1v) is 45.7. The predicted octanol–water partition coefficient (Wildman–Crippen LogP) is -0.165. The van der Waals surface area contributed by atoms with E-state index in [1.54, 1.807) is 6.92 Å². The number of carbonyl (C=O) groups is 10. The van der Waals surface area contributed by atoms with E-state index in [9.17, 15) is 77.0 Å². The summed E-state index contributed by atoms with van der Waals surface area (Å²) >= 11 is 0. The number of methoxy groups -OCH3 is 6. The van der Waals surface area contributed by atoms with E-state index in [4.69, 9.17) is 62.1 Å². The van der Waals surface area contributed by atoms with Gasteiger partial charge in [-0.15, -0.1) is 20.4 Å². The summed E-state index contributed by atoms with van der Waals surface area (Å²) in [6.45, 7) is 40.2. The van der Waals surface area contributed by atoms with Gasteiger partial charge in [0.15, 0.2) is 92.4 Å². The number of carbonyl (C=O) groups excluding carboxylic acids is 12. The number of primary amides is 4. The largest absolute Gasteiger partial charge is 0.468 e. The minimum atomic E-state index is -2.24. The first-order chi connectivity index (χ1) is 57.3. The maximum atomic E-state index is 12.9. The van der Waals surface area contributed by atoms with Crippen LogP contribution in [0.2, 0.25) is 54.4 Å². The van der Waals surface area contributed by atoms with E-state index < -0.39 is 148 Å². The van der Waals surface area contributed by atoms with Crippen LogP contribution in [-0.4, -0.2) is 282 Å². The fourth-order valence-corrected chi connectivity index (χ4v) is 11.9. The number of esters is 6. The Morgan fingerprint density at radius 3 is 0.976 bits per heavy atom. The number of H-pyrrole nitrogens is 1. The van der Waals surface area contributed by atoms with Gasteiger partial charge in [-0.3, -0.25) is 19.2 Å². The molecule has 0 aliphatic carbocycles. The number of fused-ring (bicyclic) bond motifs is 3. The third-order valence-electron chi connectivity index (χ3n) is 20.4. The van der Waals surface area contributed by atoms with Gasteiger partial charge in [-0.2, -0.15) is 24.0 Å². The average Bonchev–Trinajstić information content (AvgIpc) is 1.65. The lowest BCUT2D eigenvalue weighted by Crippen LogP contribution is -2.54. The number of nitrogens with zero attached hydrogens (tertiary/aromatic N) is 19. The lowest BCUT2D eigenvalue weighted by molar-refractivity contribution is -0.154. The van der Waals surface area contributed by atoms with E-state index in [0.717, 1.165) is 48.7 Å². The number of nitrogens with two attached hydrogens (primary N) is 5. The number of aliphatic hydroxyl groups is 2. The summed E-state index contributed by atoms with van der Waals surface area (Å²) in [4.78, 5) is 197. The number of amides is 4. The zero-order valence-corrected chi connectivity index (χ0v) is 78.1. The van der Waals surface area contributed by atoms with Gasteiger partial charge in [0.1, 0.15) is 24.5 Å². The number of aliphatic imine (C=N–C) groups is 2. The molecule has 692 valence electrons. The highest BCUT2D eigenvalue weighted by atomic mass is 28.4. The summed E-state index contributed by atoms with van der Waals surface area (Å²) < 4.78 is 51.0. The van der Waals surface area contributed by atoms with Gasteiger partial charge in [-0.05, 0) is 102 Å². The van der Waals surface area contributed by atoms with E-state index in [-0.39, 0.29) is 86.9 Å². The molecule has 0 unspecified atom stereocenters. The highest BCUT2D eigenvalue weighted by Crippen LogP contribution is 2.40. The molecule has 7 rings (SSSR count). The van der Waals surface area contributed by atoms with E-state index in [2.05, 4.69) is 178 Å². The number of ether oxygens (including phenoxy) is 6. The summed E-state index contributed by atoms with van der Waals surface area (Å²) in [5.41, 5.74) is 20.5. The zero-order chi connectivity index (χ0) is 97.3. The Labute approximate surface area is 718 Å². The van der Waals surface area contributed by atoms with Crippen LogP contribution in [0.4, 0.5) is 5.82 Å². The molecule has 0 bridgehead atoms. The number of aliphatic hydroxyl groups excluding tert-OH is 2. The number of rotatable bonds is 28. The van der Waals surface area contributed by atoms with Crippen LogP contribution in [0.5, 0.6) is 0 Å². The molecule has 4 amide bonds. The Balaban J connectivity index is 0.000000747. The van der Waals surface area contributed by atoms with E-state index in [1.165, 1.54) is 95.6 Å². The fourth-order valence-electron chi connectivity index (χ4n) is 8.71. The predicted molar refractivity (Wildman–Crippen MR) is 445 cm³/mol. The number of hydrogen-bond acceptors (Lipinski definition) is 41. The first kappa shape index (κ1) is 111. The first-order valence-electron chi connectivity index (χ1n) is 37.0. The summed E-state index contributed by atoms with van der Waals surface area (Å²) in [7, 11) is 1.04. The van der Waals surface area contributed by atoms with Gasteiger partial charge in [-0.25, -0.2) is 91.4 Å². The standard InChI is InChI=1S/C16H26N6O5Si.2C12H23NO4Si.C11H14N6O4.C10H12N6O5.C5H11NO3.C4H5N5O/c1-15(2,3)28(6,7)27-8-16(4,13(24)26-5)22-14(25)21-9-18-10(11(17)23)12(21)19-20-22;2*1-11(2,3)18(6,7)17-8-12(4,13-9-14)10(15)16-5;1-4-11(2,9(19)21-3)17-10(20)16-5-13-6(7(12)18)8(16)14-15-17;1-10(3-17,8(19)21-2)16-9(20)15-4-12-5(6(11)18)7(15)13-14-16;1-5(6,3-7)4(8)9-2;5-3(10)2-4(9-6)8-1-7-2/h9H,8H2,1-7H3,(H2,17,23);2*8H2,1-7H3;5H,4H2,1-3H3,(H2,12,18);4,17H,3H2,1-2H3,(H2,11,18);7H,3,6H2,1-2H3;1,6H,(H2,5,10)(H,7,8)/t16-;2*12-;11-;10-;5-;/m000000./s1. The van der Waals surface area contributed by atoms with Gasteiger partial charge in [0, 0.05) is 0 Å². The molecule has 0 saturated heterocycles. The Hall–Kier alpha value is -12.5. The normalized spacial score (nSPS) is 14.3. The Kier molecular flexibility index (Phi) is 39.1. The van der Waals surface area contributed by atoms with Crippen molar-refractivity contribution >= 4 is 119 Å². The number of hydrogen-bond donors (Lipinski definition) is 9. The highest BCUT2D eigenvalue weighted by Gasteiger charge is 2.48. The fraction of sp³-hybridized carbons (Fsp3) is 0.614. The second-order valence-electron chi connectivity index (χ2n) is 32.8. The molecule has 6 atom stereocenters. The van der Waals surface area contributed by atoms with Crippen molar-refractivity contribution in [2.75, 3.05) is 75.7 Å². The smallest absolute Gasteiger partial charge is 0.354 e. The maximum absolute atomic E-state index is 12.9. The van der Waals surface area contributed by atoms with Crippen LogP contribution in [0, 0.1) is 5.53 Å². The van der Waals surface area contributed by atoms with Crippen molar-refractivity contribution in [2.45, 2.75) is 205 Å². The molecule has 0 aromatic carbocycles. The lowest BCUT2D eigenvalue weighted by Gasteiger charge is -2.38. The summed E-state index contributed by atoms with van der Waals surface area (Å²) in [5, 5.41) is 43.2. The third kappa shape index (κ3) is 26.5. The van der Waals surface area contributed by atoms with Crippen LogP contribution >= 0.6 is 0 Å². The Morgan fingerprint density at radius 2 is 0.736 bits per heavy atom. The van der Waals surface area contributed by atoms with E-state index in [1.807, 2.05) is 13.1 Å². The second-order valence-corrected chi connectivity index (χ2v) is 47.3. The topological polar surface area (TPSA) is 743 Å². The average molecular weight is 1820 g/mol. The molecule has 0 saturated carbocycles. The van der Waals surface area contributed by atoms with Gasteiger partial charge >= 0.3 is 52.9 Å². The number of imidazole rings is 4. The second kappa shape index (κ2) is 44.2. The van der Waals surface area contributed by atoms with Gasteiger partial charge in [-0.1, -0.05) is 84.9 Å². The van der Waals surface area contributed by atoms with Crippen molar-refractivity contribution in [3.8, 4) is 0 Å². The van der Waals surface area contributed by atoms with Crippen molar-refractivity contribution in [2.24, 2.45) is 43.8 Å². The molecule has 125 heavy (non-hydrogen) atoms. The van der Waals surface area contributed by atoms with Gasteiger partial charge in [0.25, 0.3) is 23.6 Å². The molecule has 55 heteroatoms. The molecule has 7 aromatic rings. The lowest BCUT2D eigenvalue weighted by atomic mass is 10.00. The SMILES string of the molecule is CC[C@@](C)(C(=O)OC)n1nnc2c(C(N)=O)ncn2c1=O.COC(=O)[C@@](C)(N)CO.COC(=O)[C@](C)(CO)n1nnc2c(C(N)=O)ncn2c1=O.COC(=O)[C@](C)(CO[Si](C)(C)C(C)(C)C)N=C=O.COC(=O)[C@](C)(CO[Si](C)(C)C(C)(C)C)N=C=O.COC(=O)[C@](C)(CO[Si](C)(C)C(C)(C)C)n1nnc2c(C(N)=O)ncn2c1=O.N=Nc1nc[nH]c1C(N)=O. The molecular formula is C70H114N26O26Si3. The van der Waals surface area contributed by atoms with Crippen molar-refractivity contribution in [3.05, 3.63) is 79.5 Å². The zero-order valence-electron chi connectivity index (χ0n) is 75.1. The van der Waals surface area contributed by atoms with Crippen molar-refractivity contribution in [3.63, 3.8) is 0 Å². The van der Waals surface area contributed by atoms with Crippen molar-refractivity contribution in [1.82, 2.24) is 83.1 Å². The molecule has 0 aliphatic rings. The number of nitrogens with one attached hydrogen (secondary N) is 2. The van der Waals surface area contributed by atoms with Crippen molar-refractivity contribution in [1.29, 1.82) is 5.53 Å². The molecule has 0 radical (unpaired) electrons. The van der Waals surface area contributed by atoms with Crippen LogP contribution in [0.15, 0.2) is 54.8 Å². The van der Waals surface area contributed by atoms with Gasteiger partial charge in [0.05, 0.1) is 82.0 Å². The summed E-state index contributed by atoms with van der Waals surface area (Å²) in [5.74, 6) is -7.19. The monoisotopic (exact) mass is 1820 g/mol. The molecule has 0 aliphatic heterocycles. The van der Waals surface area contributed by atoms with Crippen LogP contribution in [0.25, 0.3) is 16.9 Å². The quantitative estimate of drug-likeness (QED) is 0.00768. The molecular weight excluding hydrogens is 1710 g/mol. The summed E-state index contributed by atoms with van der Waals surface area (Å²) in [6.07, 6.45) is 7.57. The van der Waals surface area contributed by atoms with Crippen LogP contribution in [0.3, 0.4) is 0 Å². The minimum Gasteiger partial charge on any atom is -0.468 e. The minimum absolute atomic E-state index is 0.0208. The number of aromatic amines is 1. The molecule has 7 aromatic heterocycles. The maximum Gasteiger partial charge on any atom is 0.354 e. The van der Waals surface area contributed by atoms with Crippen LogP contribution in [-0.2, 0) is 96.7 Å². The van der Waals surface area contributed by atoms with Crippen molar-refractivity contribution < 1.29 is 109 Å². The Bertz CT molecular complexity index is 5130. The van der Waals surface area contributed by atoms with Crippen LogP contribution in [0.1, 0.15) is 159 Å².